The molecule has 0 aliphatic carbocycles. The van der Waals surface area contributed by atoms with E-state index in [4.69, 9.17) is 10.7 Å². The minimum atomic E-state index is -0.592. The van der Waals surface area contributed by atoms with Gasteiger partial charge in [-0.2, -0.15) is 10.2 Å². The van der Waals surface area contributed by atoms with E-state index < -0.39 is 5.91 Å². The molecule has 26 heavy (non-hydrogen) atoms. The lowest BCUT2D eigenvalue weighted by Gasteiger charge is -2.05. The van der Waals surface area contributed by atoms with E-state index >= 15 is 0 Å². The molecule has 4 heterocycles. The topological polar surface area (TPSA) is 109 Å². The van der Waals surface area contributed by atoms with Crippen molar-refractivity contribution in [2.45, 2.75) is 13.5 Å². The fourth-order valence-corrected chi connectivity index (χ4v) is 2.92. The second-order valence-electron chi connectivity index (χ2n) is 6.04. The Morgan fingerprint density at radius 2 is 2.04 bits per heavy atom. The Labute approximate surface area is 149 Å². The van der Waals surface area contributed by atoms with Gasteiger partial charge in [0, 0.05) is 38.4 Å². The molecule has 0 unspecified atom stereocenters. The molecule has 2 N–H and O–H groups in total. The number of amides is 1. The summed E-state index contributed by atoms with van der Waals surface area (Å²) in [4.78, 5) is 20.8. The number of primary amides is 1. The molecule has 0 saturated heterocycles. The van der Waals surface area contributed by atoms with Gasteiger partial charge in [0.1, 0.15) is 22.8 Å². The Morgan fingerprint density at radius 3 is 2.73 bits per heavy atom. The van der Waals surface area contributed by atoms with Gasteiger partial charge in [0.25, 0.3) is 5.91 Å². The Morgan fingerprint density at radius 1 is 1.23 bits per heavy atom. The van der Waals surface area contributed by atoms with Gasteiger partial charge in [0.15, 0.2) is 5.82 Å². The normalized spacial score (nSPS) is 11.3. The summed E-state index contributed by atoms with van der Waals surface area (Å²) in [5.74, 6) is 0.0256. The molecule has 4 aromatic rings. The highest BCUT2D eigenvalue weighted by molar-refractivity contribution is 5.99. The van der Waals surface area contributed by atoms with Crippen LogP contribution in [0.3, 0.4) is 0 Å². The quantitative estimate of drug-likeness (QED) is 0.597. The number of pyridine rings is 1. The SMILES string of the molecule is CCn1ccc(-c2cn(C)c(-c3nc(C(N)=O)cc4c3cnn4C)n2)n1. The van der Waals surface area contributed by atoms with Crippen molar-refractivity contribution in [3.8, 4) is 22.9 Å². The summed E-state index contributed by atoms with van der Waals surface area (Å²) < 4.78 is 5.38. The lowest BCUT2D eigenvalue weighted by atomic mass is 10.2. The molecule has 0 aliphatic rings. The van der Waals surface area contributed by atoms with Crippen LogP contribution in [-0.2, 0) is 20.6 Å². The standard InChI is InChI=1S/C17H18N8O/c1-4-25-6-5-11(22-25)13-9-23(2)17(21-13)15-10-8-19-24(3)14(10)7-12(20-15)16(18)26/h5-9H,4H2,1-3H3,(H2,18,26). The van der Waals surface area contributed by atoms with Gasteiger partial charge in [0.2, 0.25) is 0 Å². The molecule has 0 radical (unpaired) electrons. The Bertz CT molecular complexity index is 1130. The second kappa shape index (κ2) is 5.80. The van der Waals surface area contributed by atoms with E-state index in [1.54, 1.807) is 24.0 Å². The number of carbonyl (C=O) groups excluding carboxylic acids is 1. The summed E-state index contributed by atoms with van der Waals surface area (Å²) in [6.45, 7) is 2.82. The average molecular weight is 350 g/mol. The summed E-state index contributed by atoms with van der Waals surface area (Å²) in [6.07, 6.45) is 5.51. The molecule has 9 heteroatoms. The zero-order valence-corrected chi connectivity index (χ0v) is 14.7. The first-order chi connectivity index (χ1) is 12.5. The van der Waals surface area contributed by atoms with Crippen LogP contribution >= 0.6 is 0 Å². The first-order valence-corrected chi connectivity index (χ1v) is 8.18. The highest BCUT2D eigenvalue weighted by atomic mass is 16.1. The molecule has 0 spiro atoms. The molecule has 0 fully saturated rings. The molecule has 9 nitrogen and oxygen atoms in total. The number of rotatable bonds is 4. The number of aryl methyl sites for hydroxylation is 3. The number of nitrogens with two attached hydrogens (primary N) is 1. The van der Waals surface area contributed by atoms with E-state index in [0.29, 0.717) is 11.5 Å². The zero-order valence-electron chi connectivity index (χ0n) is 14.7. The largest absolute Gasteiger partial charge is 0.364 e. The molecule has 0 bridgehead atoms. The van der Waals surface area contributed by atoms with Crippen molar-refractivity contribution in [2.75, 3.05) is 0 Å². The lowest BCUT2D eigenvalue weighted by Crippen LogP contribution is -2.14. The lowest BCUT2D eigenvalue weighted by molar-refractivity contribution is 0.0996. The summed E-state index contributed by atoms with van der Waals surface area (Å²) in [6, 6.07) is 3.56. The molecule has 4 rings (SSSR count). The smallest absolute Gasteiger partial charge is 0.267 e. The van der Waals surface area contributed by atoms with E-state index in [0.717, 1.165) is 28.8 Å². The van der Waals surface area contributed by atoms with E-state index in [9.17, 15) is 4.79 Å². The van der Waals surface area contributed by atoms with Crippen molar-refractivity contribution in [1.82, 2.24) is 34.1 Å². The predicted molar refractivity (Wildman–Crippen MR) is 96.1 cm³/mol. The fraction of sp³-hybridized carbons (Fsp3) is 0.235. The maximum atomic E-state index is 11.7. The van der Waals surface area contributed by atoms with Crippen LogP contribution in [0.5, 0.6) is 0 Å². The van der Waals surface area contributed by atoms with Crippen LogP contribution in [0.25, 0.3) is 33.8 Å². The highest BCUT2D eigenvalue weighted by Gasteiger charge is 2.19. The molecular weight excluding hydrogens is 332 g/mol. The number of hydrogen-bond donors (Lipinski definition) is 1. The van der Waals surface area contributed by atoms with Gasteiger partial charge in [0.05, 0.1) is 11.7 Å². The molecule has 0 saturated carbocycles. The van der Waals surface area contributed by atoms with Gasteiger partial charge in [-0.05, 0) is 19.1 Å². The monoisotopic (exact) mass is 350 g/mol. The summed E-state index contributed by atoms with van der Waals surface area (Å²) in [5.41, 5.74) is 8.47. The van der Waals surface area contributed by atoms with Crippen molar-refractivity contribution in [1.29, 1.82) is 0 Å². The minimum Gasteiger partial charge on any atom is -0.364 e. The van der Waals surface area contributed by atoms with Gasteiger partial charge in [-0.3, -0.25) is 14.2 Å². The van der Waals surface area contributed by atoms with Crippen molar-refractivity contribution in [2.24, 2.45) is 19.8 Å². The summed E-state index contributed by atoms with van der Waals surface area (Å²) >= 11 is 0. The third-order valence-electron chi connectivity index (χ3n) is 4.31. The molecule has 0 atom stereocenters. The van der Waals surface area contributed by atoms with Gasteiger partial charge in [-0.1, -0.05) is 0 Å². The van der Waals surface area contributed by atoms with Gasteiger partial charge >= 0.3 is 0 Å². The van der Waals surface area contributed by atoms with E-state index in [1.165, 1.54) is 0 Å². The van der Waals surface area contributed by atoms with Crippen molar-refractivity contribution in [3.05, 3.63) is 36.4 Å². The average Bonchev–Trinajstić information content (AvgIpc) is 3.33. The second-order valence-corrected chi connectivity index (χ2v) is 6.04. The first-order valence-electron chi connectivity index (χ1n) is 8.18. The van der Waals surface area contributed by atoms with Crippen LogP contribution in [-0.4, -0.2) is 40.0 Å². The van der Waals surface area contributed by atoms with E-state index in [-0.39, 0.29) is 5.69 Å². The molecule has 4 aromatic heterocycles. The number of hydrogen-bond acceptors (Lipinski definition) is 5. The third-order valence-corrected chi connectivity index (χ3v) is 4.31. The molecular formula is C17H18N8O. The number of carbonyl (C=O) groups is 1. The van der Waals surface area contributed by atoms with Crippen molar-refractivity contribution >= 4 is 16.8 Å². The van der Waals surface area contributed by atoms with E-state index in [1.807, 2.05) is 41.7 Å². The minimum absolute atomic E-state index is 0.177. The van der Waals surface area contributed by atoms with Crippen LogP contribution in [0.4, 0.5) is 0 Å². The van der Waals surface area contributed by atoms with Gasteiger partial charge in [-0.25, -0.2) is 9.97 Å². The van der Waals surface area contributed by atoms with Gasteiger partial charge in [-0.15, -0.1) is 0 Å². The summed E-state index contributed by atoms with van der Waals surface area (Å²) in [5, 5.41) is 9.56. The Hall–Kier alpha value is -3.49. The number of imidazole rings is 1. The molecule has 0 aromatic carbocycles. The molecule has 132 valence electrons. The highest BCUT2D eigenvalue weighted by Crippen LogP contribution is 2.28. The van der Waals surface area contributed by atoms with Crippen LogP contribution in [0, 0.1) is 0 Å². The third kappa shape index (κ3) is 2.44. The first kappa shape index (κ1) is 16.0. The Kier molecular flexibility index (Phi) is 3.57. The van der Waals surface area contributed by atoms with Crippen LogP contribution in [0.2, 0.25) is 0 Å². The van der Waals surface area contributed by atoms with Crippen LogP contribution < -0.4 is 5.73 Å². The van der Waals surface area contributed by atoms with Gasteiger partial charge < -0.3 is 10.3 Å². The maximum absolute atomic E-state index is 11.7. The molecule has 1 amide bonds. The predicted octanol–water partition coefficient (Wildman–Crippen LogP) is 1.35. The Balaban J connectivity index is 1.91. The fourth-order valence-electron chi connectivity index (χ4n) is 2.92. The zero-order chi connectivity index (χ0) is 18.4. The summed E-state index contributed by atoms with van der Waals surface area (Å²) in [7, 11) is 3.68. The van der Waals surface area contributed by atoms with Crippen LogP contribution in [0.15, 0.2) is 30.7 Å². The number of fused-ring (bicyclic) bond motifs is 1. The maximum Gasteiger partial charge on any atom is 0.267 e. The van der Waals surface area contributed by atoms with Crippen molar-refractivity contribution in [3.63, 3.8) is 0 Å². The van der Waals surface area contributed by atoms with Crippen LogP contribution in [0.1, 0.15) is 17.4 Å². The molecule has 0 aliphatic heterocycles. The number of aromatic nitrogens is 7. The number of nitrogens with zero attached hydrogens (tertiary/aromatic N) is 7. The van der Waals surface area contributed by atoms with Crippen molar-refractivity contribution < 1.29 is 4.79 Å². The van der Waals surface area contributed by atoms with E-state index in [2.05, 4.69) is 15.2 Å².